The summed E-state index contributed by atoms with van der Waals surface area (Å²) in [5.74, 6) is -0.615. The van der Waals surface area contributed by atoms with Crippen LogP contribution in [-0.2, 0) is 40.3 Å². The molecule has 0 saturated heterocycles. The Labute approximate surface area is 250 Å². The molecule has 1 atom stereocenters. The molecule has 0 aliphatic heterocycles. The van der Waals surface area contributed by atoms with Gasteiger partial charge in [0.2, 0.25) is 10.0 Å². The van der Waals surface area contributed by atoms with Crippen LogP contribution in [0.1, 0.15) is 42.5 Å². The molecule has 0 bridgehead atoms. The summed E-state index contributed by atoms with van der Waals surface area (Å²) in [4.78, 5) is 10.4. The van der Waals surface area contributed by atoms with Crippen LogP contribution in [0.25, 0.3) is 11.1 Å². The van der Waals surface area contributed by atoms with Gasteiger partial charge in [-0.2, -0.15) is 17.5 Å². The van der Waals surface area contributed by atoms with Gasteiger partial charge in [0, 0.05) is 25.7 Å². The zero-order valence-corrected chi connectivity index (χ0v) is 25.2. The van der Waals surface area contributed by atoms with Crippen LogP contribution in [0.5, 0.6) is 0 Å². The van der Waals surface area contributed by atoms with Crippen LogP contribution in [-0.4, -0.2) is 60.7 Å². The summed E-state index contributed by atoms with van der Waals surface area (Å²) in [5, 5.41) is 22.9. The molecular weight excluding hydrogens is 581 g/mol. The maximum absolute atomic E-state index is 14.1. The summed E-state index contributed by atoms with van der Waals surface area (Å²) in [6, 6.07) is 16.7. The minimum atomic E-state index is -4.85. The molecule has 3 aromatic rings. The molecule has 3 aromatic carbocycles. The normalized spacial score (nSPS) is 15.1. The van der Waals surface area contributed by atoms with Crippen molar-refractivity contribution in [1.29, 1.82) is 0 Å². The third kappa shape index (κ3) is 8.23. The first-order valence-corrected chi connectivity index (χ1v) is 15.5. The monoisotopic (exact) mass is 618 g/mol. The van der Waals surface area contributed by atoms with E-state index >= 15 is 0 Å². The minimum absolute atomic E-state index is 0.108. The fraction of sp³-hybridized carbons (Fsp3) is 0.406. The van der Waals surface area contributed by atoms with Crippen molar-refractivity contribution in [3.8, 4) is 11.1 Å². The van der Waals surface area contributed by atoms with Gasteiger partial charge in [-0.25, -0.2) is 8.42 Å². The van der Waals surface area contributed by atoms with Crippen LogP contribution in [0.4, 0.5) is 13.2 Å². The van der Waals surface area contributed by atoms with E-state index in [0.717, 1.165) is 35.7 Å². The number of rotatable bonds is 12. The highest BCUT2D eigenvalue weighted by molar-refractivity contribution is 7.89. The highest BCUT2D eigenvalue weighted by Crippen LogP contribution is 2.39. The zero-order valence-electron chi connectivity index (χ0n) is 24.4. The number of aliphatic hydroxyl groups excluding tert-OH is 1. The van der Waals surface area contributed by atoms with E-state index in [2.05, 4.69) is 17.4 Å². The number of β-amino-alcohol motifs (C(OH)–C–C–N with tert-alkyl or cyclic N) is 1. The van der Waals surface area contributed by atoms with Crippen molar-refractivity contribution >= 4 is 16.0 Å². The Balaban J connectivity index is 1.41. The molecule has 3 N–H and O–H groups in total. The van der Waals surface area contributed by atoms with Crippen molar-refractivity contribution in [2.75, 3.05) is 20.1 Å². The molecule has 4 rings (SSSR count). The molecule has 0 spiro atoms. The summed E-state index contributed by atoms with van der Waals surface area (Å²) >= 11 is 0. The number of aliphatic carboxylic acids is 1. The van der Waals surface area contributed by atoms with Crippen molar-refractivity contribution in [2.45, 2.75) is 62.2 Å². The van der Waals surface area contributed by atoms with E-state index < -0.39 is 38.7 Å². The van der Waals surface area contributed by atoms with Crippen molar-refractivity contribution in [1.82, 2.24) is 9.62 Å². The van der Waals surface area contributed by atoms with Gasteiger partial charge < -0.3 is 15.5 Å². The number of hydrogen-bond acceptors (Lipinski definition) is 5. The molecule has 7 nitrogen and oxygen atoms in total. The molecule has 0 radical (unpaired) electrons. The zero-order chi connectivity index (χ0) is 31.6. The predicted octanol–water partition coefficient (Wildman–Crippen LogP) is 5.15. The molecule has 0 heterocycles. The minimum Gasteiger partial charge on any atom is -0.481 e. The van der Waals surface area contributed by atoms with Gasteiger partial charge in [-0.1, -0.05) is 54.6 Å². The lowest BCUT2D eigenvalue weighted by molar-refractivity contribution is -0.137. The second-order valence-electron chi connectivity index (χ2n) is 11.9. The number of likely N-dealkylation sites (N-methyl/N-ethyl adjacent to an activating group) is 1. The maximum atomic E-state index is 14.1. The molecule has 0 aromatic heterocycles. The van der Waals surface area contributed by atoms with Crippen LogP contribution in [0.15, 0.2) is 71.6 Å². The molecule has 0 saturated carbocycles. The first-order chi connectivity index (χ1) is 20.0. The largest absolute Gasteiger partial charge is 0.481 e. The second kappa shape index (κ2) is 12.8. The number of aliphatic hydroxyl groups is 1. The molecule has 0 amide bonds. The number of halogens is 3. The third-order valence-corrected chi connectivity index (χ3v) is 9.66. The lowest BCUT2D eigenvalue weighted by Gasteiger charge is -2.31. The Morgan fingerprint density at radius 2 is 1.63 bits per heavy atom. The standard InChI is InChI=1S/C32H37F3N2O5S/c1-31(2,18-22-14-24-6-4-5-7-25(24)15-22)36-19-26(38)20-37(3)43(41,42)27-12-13-28(29(17-27)32(33,34)35)23-10-8-21(9-11-23)16-30(39)40/h4-13,17,22,26,36,38H,14-16,18-20H2,1-3H3,(H,39,40). The van der Waals surface area contributed by atoms with Gasteiger partial charge in [0.05, 0.1) is 23.0 Å². The Hall–Kier alpha value is -3.25. The third-order valence-electron chi connectivity index (χ3n) is 7.84. The SMILES string of the molecule is CN(CC(O)CNC(C)(C)CC1Cc2ccccc2C1)S(=O)(=O)c1ccc(-c2ccc(CC(=O)O)cc2)c(C(F)(F)F)c1. The van der Waals surface area contributed by atoms with E-state index in [-0.39, 0.29) is 36.2 Å². The van der Waals surface area contributed by atoms with E-state index in [1.807, 2.05) is 26.0 Å². The second-order valence-corrected chi connectivity index (χ2v) is 14.0. The number of alkyl halides is 3. The van der Waals surface area contributed by atoms with Gasteiger partial charge >= 0.3 is 12.1 Å². The molecule has 43 heavy (non-hydrogen) atoms. The fourth-order valence-electron chi connectivity index (χ4n) is 5.77. The van der Waals surface area contributed by atoms with Crippen LogP contribution in [0.2, 0.25) is 0 Å². The van der Waals surface area contributed by atoms with Crippen LogP contribution < -0.4 is 5.32 Å². The molecule has 1 aliphatic rings. The number of carboxylic acids is 1. The van der Waals surface area contributed by atoms with Gasteiger partial charge in [-0.05, 0) is 79.0 Å². The number of nitrogens with zero attached hydrogens (tertiary/aromatic N) is 1. The molecule has 0 fully saturated rings. The fourth-order valence-corrected chi connectivity index (χ4v) is 7.00. The Morgan fingerprint density at radius 1 is 1.02 bits per heavy atom. The number of carbonyl (C=O) groups is 1. The van der Waals surface area contributed by atoms with Crippen LogP contribution in [0.3, 0.4) is 0 Å². The van der Waals surface area contributed by atoms with Crippen molar-refractivity contribution in [3.63, 3.8) is 0 Å². The number of sulfonamides is 1. The van der Waals surface area contributed by atoms with E-state index in [0.29, 0.717) is 17.5 Å². The van der Waals surface area contributed by atoms with Gasteiger partial charge in [0.25, 0.3) is 0 Å². The van der Waals surface area contributed by atoms with Gasteiger partial charge in [-0.3, -0.25) is 4.79 Å². The quantitative estimate of drug-likeness (QED) is 0.259. The van der Waals surface area contributed by atoms with Gasteiger partial charge in [-0.15, -0.1) is 0 Å². The average molecular weight is 619 g/mol. The Kier molecular flexibility index (Phi) is 9.70. The lowest BCUT2D eigenvalue weighted by atomic mass is 9.88. The smallest absolute Gasteiger partial charge is 0.417 e. The Bertz CT molecular complexity index is 1530. The number of benzene rings is 3. The van der Waals surface area contributed by atoms with Crippen LogP contribution in [0, 0.1) is 5.92 Å². The van der Waals surface area contributed by atoms with Crippen molar-refractivity contribution in [3.05, 3.63) is 89.0 Å². The van der Waals surface area contributed by atoms with Gasteiger partial charge in [0.1, 0.15) is 0 Å². The van der Waals surface area contributed by atoms with Crippen molar-refractivity contribution in [2.24, 2.45) is 5.92 Å². The lowest BCUT2D eigenvalue weighted by Crippen LogP contribution is -2.47. The number of fused-ring (bicyclic) bond motifs is 1. The van der Waals surface area contributed by atoms with E-state index in [9.17, 15) is 31.5 Å². The predicted molar refractivity (Wildman–Crippen MR) is 158 cm³/mol. The first-order valence-electron chi connectivity index (χ1n) is 14.0. The van der Waals surface area contributed by atoms with Crippen molar-refractivity contribution < 1.29 is 36.6 Å². The number of hydrogen-bond donors (Lipinski definition) is 3. The summed E-state index contributed by atoms with van der Waals surface area (Å²) in [5.41, 5.74) is 1.61. The summed E-state index contributed by atoms with van der Waals surface area (Å²) in [7, 11) is -3.13. The first kappa shape index (κ1) is 32.7. The molecule has 1 unspecified atom stereocenters. The average Bonchev–Trinajstić information content (AvgIpc) is 3.33. The summed E-state index contributed by atoms with van der Waals surface area (Å²) in [6.07, 6.45) is -3.39. The Morgan fingerprint density at radius 3 is 2.19 bits per heavy atom. The maximum Gasteiger partial charge on any atom is 0.417 e. The van der Waals surface area contributed by atoms with E-state index in [4.69, 9.17) is 5.11 Å². The van der Waals surface area contributed by atoms with Crippen LogP contribution >= 0.6 is 0 Å². The summed E-state index contributed by atoms with van der Waals surface area (Å²) < 4.78 is 69.6. The number of carboxylic acid groups (broad SMARTS) is 1. The van der Waals surface area contributed by atoms with E-state index in [1.165, 1.54) is 42.4 Å². The molecule has 1 aliphatic carbocycles. The highest BCUT2D eigenvalue weighted by atomic mass is 32.2. The molecule has 232 valence electrons. The number of nitrogens with one attached hydrogen (secondary N) is 1. The topological polar surface area (TPSA) is 107 Å². The highest BCUT2D eigenvalue weighted by Gasteiger charge is 2.36. The van der Waals surface area contributed by atoms with Gasteiger partial charge in [0.15, 0.2) is 0 Å². The summed E-state index contributed by atoms with van der Waals surface area (Å²) in [6.45, 7) is 3.86. The molecular formula is C32H37F3N2O5S. The van der Waals surface area contributed by atoms with E-state index in [1.54, 1.807) is 0 Å². The molecule has 11 heteroatoms.